The number of rotatable bonds is 5. The standard InChI is InChI=1S/C22H33N7O2/c1-13(2)11-29-12-15(19-18(21(29)30)20(23)25-24-19)16-10-17(27(5)26-16)28-8-6-14(7-9-28)22(3,4)31/h10,12-14,31H,6-9,11H2,1-5H3,(H3,23,24,25). The molecule has 0 unspecified atom stereocenters. The molecule has 4 rings (SSSR count). The number of aliphatic hydroxyl groups is 1. The molecule has 0 spiro atoms. The number of pyridine rings is 1. The third-order valence-corrected chi connectivity index (χ3v) is 6.33. The van der Waals surface area contributed by atoms with E-state index in [0.29, 0.717) is 29.3 Å². The highest BCUT2D eigenvalue weighted by Gasteiger charge is 2.31. The van der Waals surface area contributed by atoms with Crippen LogP contribution in [-0.4, -0.2) is 48.3 Å². The molecule has 4 heterocycles. The lowest BCUT2D eigenvalue weighted by Crippen LogP contribution is -2.42. The maximum Gasteiger partial charge on any atom is 0.263 e. The number of nitrogens with one attached hydrogen (secondary N) is 1. The van der Waals surface area contributed by atoms with Gasteiger partial charge >= 0.3 is 0 Å². The fourth-order valence-electron chi connectivity index (χ4n) is 4.61. The van der Waals surface area contributed by atoms with Crippen LogP contribution in [0.2, 0.25) is 0 Å². The Bertz CT molecular complexity index is 1140. The molecule has 3 aromatic rings. The van der Waals surface area contributed by atoms with E-state index >= 15 is 0 Å². The first-order valence-corrected chi connectivity index (χ1v) is 10.9. The molecule has 1 aliphatic rings. The first kappa shape index (κ1) is 21.4. The zero-order chi connectivity index (χ0) is 22.5. The minimum atomic E-state index is -0.653. The summed E-state index contributed by atoms with van der Waals surface area (Å²) >= 11 is 0. The summed E-state index contributed by atoms with van der Waals surface area (Å²) in [4.78, 5) is 15.2. The molecule has 0 radical (unpaired) electrons. The number of H-pyrrole nitrogens is 1. The van der Waals surface area contributed by atoms with Crippen molar-refractivity contribution in [1.82, 2.24) is 24.5 Å². The highest BCUT2D eigenvalue weighted by Crippen LogP contribution is 2.33. The molecule has 168 valence electrons. The molecule has 1 fully saturated rings. The third kappa shape index (κ3) is 3.94. The van der Waals surface area contributed by atoms with Crippen LogP contribution in [0.1, 0.15) is 40.5 Å². The van der Waals surface area contributed by atoms with E-state index in [1.807, 2.05) is 31.8 Å². The fourth-order valence-corrected chi connectivity index (χ4v) is 4.61. The normalized spacial score (nSPS) is 16.0. The predicted octanol–water partition coefficient (Wildman–Crippen LogP) is 2.35. The maximum atomic E-state index is 12.9. The van der Waals surface area contributed by atoms with Gasteiger partial charge in [0.05, 0.1) is 16.8 Å². The van der Waals surface area contributed by atoms with Gasteiger partial charge in [0.2, 0.25) is 0 Å². The van der Waals surface area contributed by atoms with Crippen molar-refractivity contribution < 1.29 is 5.11 Å². The smallest absolute Gasteiger partial charge is 0.263 e. The van der Waals surface area contributed by atoms with Crippen LogP contribution in [0.25, 0.3) is 22.2 Å². The minimum Gasteiger partial charge on any atom is -0.390 e. The molecule has 0 aliphatic carbocycles. The molecule has 4 N–H and O–H groups in total. The third-order valence-electron chi connectivity index (χ3n) is 6.33. The average molecular weight is 428 g/mol. The molecule has 0 atom stereocenters. The van der Waals surface area contributed by atoms with Crippen molar-refractivity contribution in [2.75, 3.05) is 23.7 Å². The van der Waals surface area contributed by atoms with Gasteiger partial charge in [-0.2, -0.15) is 10.2 Å². The monoisotopic (exact) mass is 427 g/mol. The Balaban J connectivity index is 1.72. The second-order valence-electron chi connectivity index (χ2n) is 9.68. The number of nitrogen functional groups attached to an aromatic ring is 1. The maximum absolute atomic E-state index is 12.9. The van der Waals surface area contributed by atoms with Crippen molar-refractivity contribution in [3.8, 4) is 11.3 Å². The summed E-state index contributed by atoms with van der Waals surface area (Å²) in [6, 6.07) is 2.06. The van der Waals surface area contributed by atoms with Crippen LogP contribution in [0.4, 0.5) is 11.6 Å². The lowest BCUT2D eigenvalue weighted by Gasteiger charge is -2.38. The Morgan fingerprint density at radius 1 is 1.32 bits per heavy atom. The molecule has 0 aromatic carbocycles. The van der Waals surface area contributed by atoms with E-state index in [4.69, 9.17) is 10.8 Å². The van der Waals surface area contributed by atoms with E-state index in [0.717, 1.165) is 43.0 Å². The molecule has 1 aliphatic heterocycles. The van der Waals surface area contributed by atoms with E-state index in [9.17, 15) is 9.90 Å². The molecular weight excluding hydrogens is 394 g/mol. The number of hydrogen-bond acceptors (Lipinski definition) is 6. The number of piperidine rings is 1. The largest absolute Gasteiger partial charge is 0.390 e. The van der Waals surface area contributed by atoms with Crippen LogP contribution in [0.5, 0.6) is 0 Å². The number of nitrogens with zero attached hydrogens (tertiary/aromatic N) is 5. The second-order valence-corrected chi connectivity index (χ2v) is 9.68. The second kappa shape index (κ2) is 7.71. The SMILES string of the molecule is CC(C)Cn1cc(-c2cc(N3CCC(C(C)(C)O)CC3)n(C)n2)c2[nH]nc(N)c2c1=O. The molecule has 3 aromatic heterocycles. The number of hydrogen-bond donors (Lipinski definition) is 3. The summed E-state index contributed by atoms with van der Waals surface area (Å²) in [5.41, 5.74) is 7.43. The van der Waals surface area contributed by atoms with Crippen molar-refractivity contribution in [3.05, 3.63) is 22.6 Å². The number of nitrogens with two attached hydrogens (primary N) is 1. The summed E-state index contributed by atoms with van der Waals surface area (Å²) in [5, 5.41) is 22.5. The summed E-state index contributed by atoms with van der Waals surface area (Å²) in [5.74, 6) is 1.84. The lowest BCUT2D eigenvalue weighted by atomic mass is 9.83. The van der Waals surface area contributed by atoms with Gasteiger partial charge in [0.15, 0.2) is 5.82 Å². The summed E-state index contributed by atoms with van der Waals surface area (Å²) in [6.45, 7) is 10.3. The first-order chi connectivity index (χ1) is 14.6. The van der Waals surface area contributed by atoms with E-state index < -0.39 is 5.60 Å². The Hall–Kier alpha value is -2.81. The number of aryl methyl sites for hydroxylation is 1. The average Bonchev–Trinajstić information content (AvgIpc) is 3.26. The van der Waals surface area contributed by atoms with Gasteiger partial charge in [0.25, 0.3) is 5.56 Å². The molecule has 31 heavy (non-hydrogen) atoms. The quantitative estimate of drug-likeness (QED) is 0.575. The number of aromatic nitrogens is 5. The Labute approximate surface area is 181 Å². The molecular formula is C22H33N7O2. The van der Waals surface area contributed by atoms with Gasteiger partial charge in [-0.15, -0.1) is 0 Å². The van der Waals surface area contributed by atoms with E-state index in [1.54, 1.807) is 4.57 Å². The van der Waals surface area contributed by atoms with Gasteiger partial charge < -0.3 is 20.3 Å². The highest BCUT2D eigenvalue weighted by molar-refractivity contribution is 5.97. The Morgan fingerprint density at radius 3 is 2.61 bits per heavy atom. The van der Waals surface area contributed by atoms with Gasteiger partial charge in [-0.1, -0.05) is 13.8 Å². The molecule has 0 saturated carbocycles. The van der Waals surface area contributed by atoms with Crippen LogP contribution < -0.4 is 16.2 Å². The minimum absolute atomic E-state index is 0.136. The Morgan fingerprint density at radius 2 is 2.00 bits per heavy atom. The highest BCUT2D eigenvalue weighted by atomic mass is 16.3. The van der Waals surface area contributed by atoms with Gasteiger partial charge in [-0.05, 0) is 38.5 Å². The molecule has 1 saturated heterocycles. The van der Waals surface area contributed by atoms with Crippen LogP contribution in [0.3, 0.4) is 0 Å². The first-order valence-electron chi connectivity index (χ1n) is 10.9. The molecule has 9 nitrogen and oxygen atoms in total. The van der Waals surface area contributed by atoms with Crippen LogP contribution in [-0.2, 0) is 13.6 Å². The number of fused-ring (bicyclic) bond motifs is 1. The van der Waals surface area contributed by atoms with Crippen LogP contribution in [0, 0.1) is 11.8 Å². The molecule has 9 heteroatoms. The van der Waals surface area contributed by atoms with Crippen molar-refractivity contribution in [2.24, 2.45) is 18.9 Å². The number of aromatic amines is 1. The summed E-state index contributed by atoms with van der Waals surface area (Å²) < 4.78 is 3.58. The predicted molar refractivity (Wildman–Crippen MR) is 123 cm³/mol. The van der Waals surface area contributed by atoms with Gasteiger partial charge in [-0.25, -0.2) is 0 Å². The summed E-state index contributed by atoms with van der Waals surface area (Å²) in [6.07, 6.45) is 3.73. The zero-order valence-corrected chi connectivity index (χ0v) is 19.0. The summed E-state index contributed by atoms with van der Waals surface area (Å²) in [7, 11) is 1.93. The van der Waals surface area contributed by atoms with Crippen molar-refractivity contribution in [3.63, 3.8) is 0 Å². The van der Waals surface area contributed by atoms with Crippen LogP contribution in [0.15, 0.2) is 17.1 Å². The van der Waals surface area contributed by atoms with Gasteiger partial charge in [-0.3, -0.25) is 14.6 Å². The fraction of sp³-hybridized carbons (Fsp3) is 0.591. The van der Waals surface area contributed by atoms with Crippen molar-refractivity contribution in [1.29, 1.82) is 0 Å². The van der Waals surface area contributed by atoms with E-state index in [-0.39, 0.29) is 11.4 Å². The van der Waals surface area contributed by atoms with Gasteiger partial charge in [0.1, 0.15) is 11.2 Å². The van der Waals surface area contributed by atoms with Crippen LogP contribution >= 0.6 is 0 Å². The van der Waals surface area contributed by atoms with Crippen molar-refractivity contribution >= 4 is 22.5 Å². The van der Waals surface area contributed by atoms with E-state index in [1.165, 1.54) is 0 Å². The number of anilines is 2. The van der Waals surface area contributed by atoms with Gasteiger partial charge in [0, 0.05) is 44.5 Å². The van der Waals surface area contributed by atoms with Crippen molar-refractivity contribution in [2.45, 2.75) is 52.7 Å². The lowest BCUT2D eigenvalue weighted by molar-refractivity contribution is 0.00642. The zero-order valence-electron chi connectivity index (χ0n) is 19.0. The van der Waals surface area contributed by atoms with E-state index in [2.05, 4.69) is 35.0 Å². The Kier molecular flexibility index (Phi) is 5.33. The molecule has 0 bridgehead atoms. The topological polar surface area (TPSA) is 118 Å². The molecule has 0 amide bonds.